The third-order valence-electron chi connectivity index (χ3n) is 6.47. The molecular formula is C29H44N2O. The first kappa shape index (κ1) is 26.0. The molecule has 0 heterocycles. The van der Waals surface area contributed by atoms with Gasteiger partial charge in [0.15, 0.2) is 0 Å². The first-order valence-corrected chi connectivity index (χ1v) is 12.8. The van der Waals surface area contributed by atoms with Crippen LogP contribution in [-0.2, 0) is 17.6 Å². The fourth-order valence-electron chi connectivity index (χ4n) is 4.35. The average Bonchev–Trinajstić information content (AvgIpc) is 2.83. The van der Waals surface area contributed by atoms with E-state index in [0.29, 0.717) is 5.78 Å². The number of hydrogen-bond acceptors (Lipinski definition) is 3. The van der Waals surface area contributed by atoms with Crippen LogP contribution in [0.15, 0.2) is 48.5 Å². The lowest BCUT2D eigenvalue weighted by molar-refractivity contribution is -0.119. The molecule has 0 aliphatic rings. The molecule has 0 saturated heterocycles. The van der Waals surface area contributed by atoms with Gasteiger partial charge in [-0.2, -0.15) is 0 Å². The summed E-state index contributed by atoms with van der Waals surface area (Å²) in [5.41, 5.74) is 5.35. The van der Waals surface area contributed by atoms with Crippen molar-refractivity contribution in [3.8, 4) is 0 Å². The van der Waals surface area contributed by atoms with Crippen molar-refractivity contribution in [2.75, 3.05) is 36.0 Å². The summed E-state index contributed by atoms with van der Waals surface area (Å²) in [6.07, 6.45) is 7.79. The quantitative estimate of drug-likeness (QED) is 0.263. The number of benzene rings is 2. The number of rotatable bonds is 16. The Bertz CT molecular complexity index is 693. The van der Waals surface area contributed by atoms with Crippen LogP contribution in [-0.4, -0.2) is 32.0 Å². The normalized spacial score (nSPS) is 10.9. The second kappa shape index (κ2) is 14.7. The van der Waals surface area contributed by atoms with E-state index in [0.717, 1.165) is 77.5 Å². The topological polar surface area (TPSA) is 23.6 Å². The first-order chi connectivity index (χ1) is 15.6. The molecule has 0 unspecified atom stereocenters. The number of anilines is 2. The molecule has 0 amide bonds. The number of unbranched alkanes of at least 4 members (excludes halogenated alkanes) is 2. The summed E-state index contributed by atoms with van der Waals surface area (Å²) in [6, 6.07) is 17.9. The summed E-state index contributed by atoms with van der Waals surface area (Å²) in [7, 11) is 0. The third-order valence-corrected chi connectivity index (χ3v) is 6.47. The molecule has 3 heteroatoms. The largest absolute Gasteiger partial charge is 0.372 e. The highest BCUT2D eigenvalue weighted by Crippen LogP contribution is 2.18. The van der Waals surface area contributed by atoms with Crippen molar-refractivity contribution in [2.24, 2.45) is 0 Å². The molecule has 176 valence electrons. The van der Waals surface area contributed by atoms with Gasteiger partial charge in [-0.05, 0) is 102 Å². The minimum Gasteiger partial charge on any atom is -0.372 e. The Labute approximate surface area is 196 Å². The summed E-state index contributed by atoms with van der Waals surface area (Å²) in [6.45, 7) is 12.9. The summed E-state index contributed by atoms with van der Waals surface area (Å²) < 4.78 is 0. The highest BCUT2D eigenvalue weighted by molar-refractivity contribution is 5.78. The van der Waals surface area contributed by atoms with E-state index in [-0.39, 0.29) is 0 Å². The number of hydrogen-bond donors (Lipinski definition) is 0. The second-order valence-electron chi connectivity index (χ2n) is 8.63. The minimum atomic E-state index is 0.429. The maximum atomic E-state index is 12.2. The van der Waals surface area contributed by atoms with Crippen LogP contribution in [0.2, 0.25) is 0 Å². The van der Waals surface area contributed by atoms with E-state index >= 15 is 0 Å². The van der Waals surface area contributed by atoms with Gasteiger partial charge in [-0.15, -0.1) is 0 Å². The molecule has 0 fully saturated rings. The lowest BCUT2D eigenvalue weighted by Gasteiger charge is -2.21. The van der Waals surface area contributed by atoms with Gasteiger partial charge in [0.1, 0.15) is 5.78 Å². The van der Waals surface area contributed by atoms with Gasteiger partial charge in [0.05, 0.1) is 0 Å². The number of carbonyl (C=O) groups excluding carboxylic acids is 1. The fourth-order valence-corrected chi connectivity index (χ4v) is 4.35. The molecular weight excluding hydrogens is 392 g/mol. The molecule has 2 aromatic rings. The van der Waals surface area contributed by atoms with Crippen LogP contribution in [0.25, 0.3) is 0 Å². The second-order valence-corrected chi connectivity index (χ2v) is 8.63. The van der Waals surface area contributed by atoms with E-state index < -0.39 is 0 Å². The highest BCUT2D eigenvalue weighted by atomic mass is 16.1. The van der Waals surface area contributed by atoms with Crippen molar-refractivity contribution in [3.05, 3.63) is 59.7 Å². The number of carbonyl (C=O) groups is 1. The maximum Gasteiger partial charge on any atom is 0.132 e. The fraction of sp³-hybridized carbons (Fsp3) is 0.552. The zero-order chi connectivity index (χ0) is 23.2. The molecule has 0 bridgehead atoms. The number of nitrogens with zero attached hydrogens (tertiary/aromatic N) is 2. The molecule has 3 nitrogen and oxygen atoms in total. The van der Waals surface area contributed by atoms with Crippen LogP contribution in [0.5, 0.6) is 0 Å². The molecule has 2 rings (SSSR count). The smallest absolute Gasteiger partial charge is 0.132 e. The van der Waals surface area contributed by atoms with Crippen molar-refractivity contribution in [3.63, 3.8) is 0 Å². The molecule has 0 aliphatic carbocycles. The van der Waals surface area contributed by atoms with Crippen molar-refractivity contribution in [1.29, 1.82) is 0 Å². The lowest BCUT2D eigenvalue weighted by atomic mass is 10.0. The summed E-state index contributed by atoms with van der Waals surface area (Å²) in [5, 5.41) is 0. The molecule has 2 aromatic carbocycles. The molecule has 0 N–H and O–H groups in total. The van der Waals surface area contributed by atoms with E-state index in [2.05, 4.69) is 86.0 Å². The number of ketones is 1. The van der Waals surface area contributed by atoms with Crippen LogP contribution < -0.4 is 9.80 Å². The Morgan fingerprint density at radius 2 is 0.906 bits per heavy atom. The molecule has 0 spiro atoms. The van der Waals surface area contributed by atoms with Gasteiger partial charge in [0.2, 0.25) is 0 Å². The van der Waals surface area contributed by atoms with Gasteiger partial charge in [0.25, 0.3) is 0 Å². The predicted molar refractivity (Wildman–Crippen MR) is 140 cm³/mol. The van der Waals surface area contributed by atoms with Crippen molar-refractivity contribution in [1.82, 2.24) is 0 Å². The lowest BCUT2D eigenvalue weighted by Crippen LogP contribution is -2.21. The van der Waals surface area contributed by atoms with E-state index in [1.807, 2.05) is 0 Å². The Morgan fingerprint density at radius 1 is 0.562 bits per heavy atom. The van der Waals surface area contributed by atoms with Crippen LogP contribution in [0.1, 0.15) is 77.3 Å². The average molecular weight is 437 g/mol. The molecule has 0 atom stereocenters. The summed E-state index contributed by atoms with van der Waals surface area (Å²) in [4.78, 5) is 17.0. The molecule has 0 saturated carbocycles. The van der Waals surface area contributed by atoms with E-state index in [9.17, 15) is 4.79 Å². The minimum absolute atomic E-state index is 0.429. The Kier molecular flexibility index (Phi) is 11.9. The van der Waals surface area contributed by atoms with Crippen molar-refractivity contribution < 1.29 is 4.79 Å². The Balaban J connectivity index is 1.58. The van der Waals surface area contributed by atoms with Crippen LogP contribution in [0.4, 0.5) is 11.4 Å². The Morgan fingerprint density at radius 3 is 1.22 bits per heavy atom. The molecule has 0 aromatic heterocycles. The number of Topliss-reactive ketones (excluding diaryl/α,β-unsaturated/α-hetero) is 1. The standard InChI is InChI=1S/C29H44N2O/c1-5-30(6-2)27-21-17-25(18-22-27)13-9-11-15-29(32)16-12-10-14-26-19-23-28(24-20-26)31(7-3)8-4/h17-24H,5-16H2,1-4H3. The van der Waals surface area contributed by atoms with Crippen LogP contribution in [0.3, 0.4) is 0 Å². The molecule has 32 heavy (non-hydrogen) atoms. The Hall–Kier alpha value is -2.29. The zero-order valence-electron chi connectivity index (χ0n) is 20.9. The summed E-state index contributed by atoms with van der Waals surface area (Å²) >= 11 is 0. The third kappa shape index (κ3) is 8.68. The predicted octanol–water partition coefficient (Wildman–Crippen LogP) is 7.07. The van der Waals surface area contributed by atoms with E-state index in [1.165, 1.54) is 22.5 Å². The SMILES string of the molecule is CCN(CC)c1ccc(CCCCC(=O)CCCCc2ccc(N(CC)CC)cc2)cc1. The monoisotopic (exact) mass is 436 g/mol. The zero-order valence-corrected chi connectivity index (χ0v) is 20.9. The molecule has 0 aliphatic heterocycles. The first-order valence-electron chi connectivity index (χ1n) is 12.8. The highest BCUT2D eigenvalue weighted by Gasteiger charge is 2.05. The van der Waals surface area contributed by atoms with Gasteiger partial charge in [0, 0.05) is 50.4 Å². The van der Waals surface area contributed by atoms with Gasteiger partial charge in [-0.25, -0.2) is 0 Å². The van der Waals surface area contributed by atoms with E-state index in [4.69, 9.17) is 0 Å². The van der Waals surface area contributed by atoms with Gasteiger partial charge in [-0.1, -0.05) is 24.3 Å². The van der Waals surface area contributed by atoms with Crippen molar-refractivity contribution >= 4 is 17.2 Å². The van der Waals surface area contributed by atoms with Gasteiger partial charge in [-0.3, -0.25) is 4.79 Å². The van der Waals surface area contributed by atoms with Crippen LogP contribution in [0, 0.1) is 0 Å². The van der Waals surface area contributed by atoms with Crippen molar-refractivity contribution in [2.45, 2.75) is 79.1 Å². The van der Waals surface area contributed by atoms with Crippen LogP contribution >= 0.6 is 0 Å². The maximum absolute atomic E-state index is 12.2. The van der Waals surface area contributed by atoms with E-state index in [1.54, 1.807) is 0 Å². The van der Waals surface area contributed by atoms with Gasteiger partial charge < -0.3 is 9.80 Å². The van der Waals surface area contributed by atoms with Gasteiger partial charge >= 0.3 is 0 Å². The molecule has 0 radical (unpaired) electrons. The number of aryl methyl sites for hydroxylation is 2. The summed E-state index contributed by atoms with van der Waals surface area (Å²) in [5.74, 6) is 0.429.